The number of benzene rings is 1. The van der Waals surface area contributed by atoms with Crippen molar-refractivity contribution in [1.82, 2.24) is 5.43 Å². The Kier molecular flexibility index (Phi) is 4.91. The molecule has 0 saturated heterocycles. The Bertz CT molecular complexity index is 482. The number of para-hydroxylation sites is 1. The minimum Gasteiger partial charge on any atom is -0.331 e. The van der Waals surface area contributed by atoms with Crippen molar-refractivity contribution in [2.45, 2.75) is 39.5 Å². The van der Waals surface area contributed by atoms with Crippen LogP contribution in [0.5, 0.6) is 0 Å². The van der Waals surface area contributed by atoms with Crippen LogP contribution in [0.2, 0.25) is 0 Å². The van der Waals surface area contributed by atoms with Crippen LogP contribution < -0.4 is 10.7 Å². The first-order chi connectivity index (χ1) is 9.15. The van der Waals surface area contributed by atoms with Gasteiger partial charge in [-0.2, -0.15) is 5.10 Å². The molecule has 0 radical (unpaired) electrons. The van der Waals surface area contributed by atoms with Gasteiger partial charge in [0.25, 0.3) is 0 Å². The number of hydrogen-bond donors (Lipinski definition) is 2. The number of thiocarbonyl (C=S) groups is 1. The molecule has 102 valence electrons. The zero-order chi connectivity index (χ0) is 13.7. The van der Waals surface area contributed by atoms with Crippen molar-refractivity contribution in [1.29, 1.82) is 0 Å². The van der Waals surface area contributed by atoms with Crippen molar-refractivity contribution in [2.24, 2.45) is 11.0 Å². The lowest BCUT2D eigenvalue weighted by molar-refractivity contribution is 0.498. The lowest BCUT2D eigenvalue weighted by Gasteiger charge is -2.19. The van der Waals surface area contributed by atoms with E-state index in [4.69, 9.17) is 12.2 Å². The number of hydrogen-bond acceptors (Lipinski definition) is 2. The maximum atomic E-state index is 5.26. The molecule has 1 aliphatic rings. The van der Waals surface area contributed by atoms with Gasteiger partial charge in [-0.1, -0.05) is 25.1 Å². The zero-order valence-corrected chi connectivity index (χ0v) is 12.4. The molecular weight excluding hydrogens is 254 g/mol. The van der Waals surface area contributed by atoms with Gasteiger partial charge in [-0.15, -0.1) is 0 Å². The van der Waals surface area contributed by atoms with Gasteiger partial charge in [0.2, 0.25) is 0 Å². The molecule has 1 saturated carbocycles. The van der Waals surface area contributed by atoms with E-state index < -0.39 is 0 Å². The van der Waals surface area contributed by atoms with E-state index in [0.717, 1.165) is 24.4 Å². The number of hydrazone groups is 1. The van der Waals surface area contributed by atoms with Crippen molar-refractivity contribution < 1.29 is 0 Å². The maximum absolute atomic E-state index is 5.26. The molecule has 4 heteroatoms. The first-order valence-electron chi connectivity index (χ1n) is 6.83. The first-order valence-corrected chi connectivity index (χ1v) is 7.24. The average Bonchev–Trinajstić information content (AvgIpc) is 2.39. The van der Waals surface area contributed by atoms with Crippen molar-refractivity contribution in [3.8, 4) is 0 Å². The second-order valence-electron chi connectivity index (χ2n) is 5.26. The molecule has 3 nitrogen and oxygen atoms in total. The summed E-state index contributed by atoms with van der Waals surface area (Å²) in [6.45, 7) is 4.33. The monoisotopic (exact) mass is 275 g/mol. The minimum absolute atomic E-state index is 0.556. The average molecular weight is 275 g/mol. The molecule has 1 aliphatic carbocycles. The molecule has 19 heavy (non-hydrogen) atoms. The van der Waals surface area contributed by atoms with Crippen LogP contribution >= 0.6 is 12.2 Å². The summed E-state index contributed by atoms with van der Waals surface area (Å²) in [5.41, 5.74) is 6.38. The van der Waals surface area contributed by atoms with Crippen molar-refractivity contribution in [3.05, 3.63) is 29.8 Å². The number of nitrogens with zero attached hydrogens (tertiary/aromatic N) is 1. The number of anilines is 1. The number of rotatable bonds is 2. The molecule has 0 aliphatic heterocycles. The van der Waals surface area contributed by atoms with Gasteiger partial charge in [-0.25, -0.2) is 0 Å². The van der Waals surface area contributed by atoms with Gasteiger partial charge in [0, 0.05) is 11.4 Å². The maximum Gasteiger partial charge on any atom is 0.191 e. The van der Waals surface area contributed by atoms with Gasteiger partial charge in [0.1, 0.15) is 0 Å². The first kappa shape index (κ1) is 14.0. The molecule has 1 fully saturated rings. The van der Waals surface area contributed by atoms with E-state index in [0.29, 0.717) is 5.11 Å². The third-order valence-corrected chi connectivity index (χ3v) is 3.65. The van der Waals surface area contributed by atoms with Crippen LogP contribution in [0, 0.1) is 12.8 Å². The number of nitrogens with one attached hydrogen (secondary N) is 2. The minimum atomic E-state index is 0.556. The largest absolute Gasteiger partial charge is 0.331 e. The smallest absolute Gasteiger partial charge is 0.191 e. The molecule has 0 spiro atoms. The van der Waals surface area contributed by atoms with Crippen LogP contribution in [-0.4, -0.2) is 10.8 Å². The fourth-order valence-electron chi connectivity index (χ4n) is 2.36. The van der Waals surface area contributed by atoms with Crippen LogP contribution in [0.15, 0.2) is 29.4 Å². The molecule has 2 N–H and O–H groups in total. The molecule has 2 rings (SSSR count). The van der Waals surface area contributed by atoms with Crippen molar-refractivity contribution in [3.63, 3.8) is 0 Å². The molecule has 0 heterocycles. The molecule has 0 bridgehead atoms. The Labute approximate surface area is 120 Å². The number of aryl methyl sites for hydroxylation is 1. The third kappa shape index (κ3) is 4.31. The predicted molar refractivity (Wildman–Crippen MR) is 85.6 cm³/mol. The Morgan fingerprint density at radius 2 is 2.16 bits per heavy atom. The van der Waals surface area contributed by atoms with Crippen LogP contribution in [0.4, 0.5) is 5.69 Å². The Hall–Kier alpha value is -1.42. The highest BCUT2D eigenvalue weighted by atomic mass is 32.1. The van der Waals surface area contributed by atoms with Crippen LogP contribution in [-0.2, 0) is 0 Å². The van der Waals surface area contributed by atoms with Gasteiger partial charge in [0.15, 0.2) is 5.11 Å². The summed E-state index contributed by atoms with van der Waals surface area (Å²) < 4.78 is 0. The predicted octanol–water partition coefficient (Wildman–Crippen LogP) is 3.85. The van der Waals surface area contributed by atoms with Crippen LogP contribution in [0.1, 0.15) is 38.2 Å². The summed E-state index contributed by atoms with van der Waals surface area (Å²) in [5.74, 6) is 0.743. The van der Waals surface area contributed by atoms with Gasteiger partial charge in [-0.3, -0.25) is 5.43 Å². The summed E-state index contributed by atoms with van der Waals surface area (Å²) in [6.07, 6.45) is 4.72. The molecule has 1 aromatic carbocycles. The lowest BCUT2D eigenvalue weighted by Crippen LogP contribution is -2.26. The second kappa shape index (κ2) is 6.66. The molecule has 0 aromatic heterocycles. The summed E-state index contributed by atoms with van der Waals surface area (Å²) in [4.78, 5) is 0. The summed E-state index contributed by atoms with van der Waals surface area (Å²) >= 11 is 5.26. The fraction of sp³-hybridized carbons (Fsp3) is 0.467. The van der Waals surface area contributed by atoms with E-state index in [1.807, 2.05) is 18.2 Å². The van der Waals surface area contributed by atoms with E-state index in [2.05, 4.69) is 35.8 Å². The Balaban J connectivity index is 1.88. The Morgan fingerprint density at radius 1 is 1.37 bits per heavy atom. The van der Waals surface area contributed by atoms with Gasteiger partial charge >= 0.3 is 0 Å². The van der Waals surface area contributed by atoms with Crippen LogP contribution in [0.3, 0.4) is 0 Å². The molecule has 0 amide bonds. The van der Waals surface area contributed by atoms with Gasteiger partial charge in [0.05, 0.1) is 0 Å². The van der Waals surface area contributed by atoms with E-state index in [9.17, 15) is 0 Å². The fourth-order valence-corrected chi connectivity index (χ4v) is 2.51. The van der Waals surface area contributed by atoms with Crippen LogP contribution in [0.25, 0.3) is 0 Å². The Morgan fingerprint density at radius 3 is 2.89 bits per heavy atom. The molecular formula is C15H21N3S. The van der Waals surface area contributed by atoms with Gasteiger partial charge in [-0.05, 0) is 62.4 Å². The highest BCUT2D eigenvalue weighted by molar-refractivity contribution is 7.80. The standard InChI is InChI=1S/C15H21N3S/c1-11-6-5-8-13(10-11)17-18-15(19)16-14-9-4-3-7-12(14)2/h3-4,7,9,11H,5-6,8,10H2,1-2H3,(H2,16,18,19)/b17-13-/t11-/m0/s1. The normalized spacial score (nSPS) is 21.2. The topological polar surface area (TPSA) is 36.4 Å². The zero-order valence-electron chi connectivity index (χ0n) is 11.6. The molecule has 0 unspecified atom stereocenters. The highest BCUT2D eigenvalue weighted by Gasteiger charge is 2.13. The molecule has 1 aromatic rings. The van der Waals surface area contributed by atoms with Gasteiger partial charge < -0.3 is 5.32 Å². The summed E-state index contributed by atoms with van der Waals surface area (Å²) in [5, 5.41) is 8.15. The highest BCUT2D eigenvalue weighted by Crippen LogP contribution is 2.21. The molecule has 1 atom stereocenters. The summed E-state index contributed by atoms with van der Waals surface area (Å²) in [6, 6.07) is 8.08. The second-order valence-corrected chi connectivity index (χ2v) is 5.67. The van der Waals surface area contributed by atoms with Crippen molar-refractivity contribution >= 4 is 28.7 Å². The van der Waals surface area contributed by atoms with Crippen molar-refractivity contribution in [2.75, 3.05) is 5.32 Å². The summed E-state index contributed by atoms with van der Waals surface area (Å²) in [7, 11) is 0. The third-order valence-electron chi connectivity index (χ3n) is 3.46. The van der Waals surface area contributed by atoms with E-state index in [1.165, 1.54) is 24.1 Å². The van der Waals surface area contributed by atoms with E-state index in [-0.39, 0.29) is 0 Å². The van der Waals surface area contributed by atoms with E-state index >= 15 is 0 Å². The lowest BCUT2D eigenvalue weighted by atomic mass is 9.89. The quantitative estimate of drug-likeness (QED) is 0.636. The van der Waals surface area contributed by atoms with E-state index in [1.54, 1.807) is 0 Å². The SMILES string of the molecule is Cc1ccccc1NC(=S)N/N=C1/CCC[C@H](C)C1.